The smallest absolute Gasteiger partial charge is 0.0992 e. The largest absolute Gasteiger partial charge is 0.383 e. The second-order valence-electron chi connectivity index (χ2n) is 3.33. The Morgan fingerprint density at radius 3 is 3.15 bits per heavy atom. The number of fused-ring (bicyclic) bond motifs is 1. The molecule has 0 fully saturated rings. The Morgan fingerprint density at radius 1 is 1.54 bits per heavy atom. The number of nitrogens with zero attached hydrogens (tertiary/aromatic N) is 1. The van der Waals surface area contributed by atoms with Crippen LogP contribution in [0.3, 0.4) is 0 Å². The van der Waals surface area contributed by atoms with Crippen molar-refractivity contribution in [2.75, 3.05) is 11.9 Å². The van der Waals surface area contributed by atoms with Crippen LogP contribution in [0.5, 0.6) is 0 Å². The monoisotopic (exact) mass is 173 g/mol. The van der Waals surface area contributed by atoms with Crippen LogP contribution in [-0.4, -0.2) is 12.6 Å². The molecule has 3 N–H and O–H groups in total. The number of nitrogens with one attached hydrogen (secondary N) is 1. The predicted octanol–water partition coefficient (Wildman–Crippen LogP) is 0.854. The Bertz CT molecular complexity index is 365. The number of benzene rings is 1. The Morgan fingerprint density at radius 2 is 2.38 bits per heavy atom. The SMILES string of the molecule is N#Cc1ccc2c(c1)NC[C@@H](N)C2. The van der Waals surface area contributed by atoms with E-state index >= 15 is 0 Å². The zero-order chi connectivity index (χ0) is 9.26. The molecule has 66 valence electrons. The fourth-order valence-corrected chi connectivity index (χ4v) is 1.58. The van der Waals surface area contributed by atoms with Gasteiger partial charge in [0, 0.05) is 18.3 Å². The highest BCUT2D eigenvalue weighted by Crippen LogP contribution is 2.22. The summed E-state index contributed by atoms with van der Waals surface area (Å²) in [5, 5.41) is 11.9. The van der Waals surface area contributed by atoms with Gasteiger partial charge in [0.1, 0.15) is 0 Å². The summed E-state index contributed by atoms with van der Waals surface area (Å²) >= 11 is 0. The Kier molecular flexibility index (Phi) is 1.91. The van der Waals surface area contributed by atoms with Crippen molar-refractivity contribution < 1.29 is 0 Å². The molecule has 1 aromatic rings. The summed E-state index contributed by atoms with van der Waals surface area (Å²) in [6, 6.07) is 7.99. The highest BCUT2D eigenvalue weighted by Gasteiger charge is 2.14. The third-order valence-electron chi connectivity index (χ3n) is 2.28. The van der Waals surface area contributed by atoms with Gasteiger partial charge in [0.15, 0.2) is 0 Å². The zero-order valence-electron chi connectivity index (χ0n) is 7.25. The van der Waals surface area contributed by atoms with E-state index in [1.807, 2.05) is 18.2 Å². The Hall–Kier alpha value is -1.53. The van der Waals surface area contributed by atoms with Crippen LogP contribution >= 0.6 is 0 Å². The molecule has 1 atom stereocenters. The fourth-order valence-electron chi connectivity index (χ4n) is 1.58. The predicted molar refractivity (Wildman–Crippen MR) is 51.3 cm³/mol. The Balaban J connectivity index is 2.38. The third-order valence-corrected chi connectivity index (χ3v) is 2.28. The minimum Gasteiger partial charge on any atom is -0.383 e. The van der Waals surface area contributed by atoms with Gasteiger partial charge in [-0.15, -0.1) is 0 Å². The van der Waals surface area contributed by atoms with Crippen molar-refractivity contribution in [3.63, 3.8) is 0 Å². The molecule has 0 spiro atoms. The lowest BCUT2D eigenvalue weighted by atomic mass is 9.99. The third kappa shape index (κ3) is 1.49. The van der Waals surface area contributed by atoms with E-state index in [0.717, 1.165) is 18.7 Å². The summed E-state index contributed by atoms with van der Waals surface area (Å²) in [4.78, 5) is 0. The van der Waals surface area contributed by atoms with Crippen LogP contribution < -0.4 is 11.1 Å². The first-order chi connectivity index (χ1) is 6.29. The van der Waals surface area contributed by atoms with Gasteiger partial charge in [0.05, 0.1) is 11.6 Å². The fraction of sp³-hybridized carbons (Fsp3) is 0.300. The molecule has 13 heavy (non-hydrogen) atoms. The van der Waals surface area contributed by atoms with Crippen molar-refractivity contribution in [1.82, 2.24) is 0 Å². The number of rotatable bonds is 0. The zero-order valence-corrected chi connectivity index (χ0v) is 7.25. The summed E-state index contributed by atoms with van der Waals surface area (Å²) in [6.07, 6.45) is 0.897. The maximum atomic E-state index is 8.69. The highest BCUT2D eigenvalue weighted by atomic mass is 14.9. The van der Waals surface area contributed by atoms with E-state index in [2.05, 4.69) is 11.4 Å². The van der Waals surface area contributed by atoms with Crippen molar-refractivity contribution in [3.05, 3.63) is 29.3 Å². The lowest BCUT2D eigenvalue weighted by Crippen LogP contribution is -2.35. The van der Waals surface area contributed by atoms with E-state index in [1.165, 1.54) is 5.56 Å². The van der Waals surface area contributed by atoms with E-state index < -0.39 is 0 Å². The van der Waals surface area contributed by atoms with E-state index in [9.17, 15) is 0 Å². The molecular formula is C10H11N3. The molecule has 1 heterocycles. The Labute approximate surface area is 77.2 Å². The molecule has 0 amide bonds. The van der Waals surface area contributed by atoms with Crippen LogP contribution in [0.15, 0.2) is 18.2 Å². The maximum absolute atomic E-state index is 8.69. The summed E-state index contributed by atoms with van der Waals surface area (Å²) in [5.41, 5.74) is 8.75. The molecule has 1 aliphatic rings. The van der Waals surface area contributed by atoms with Crippen molar-refractivity contribution in [2.24, 2.45) is 5.73 Å². The molecule has 0 saturated carbocycles. The van der Waals surface area contributed by atoms with E-state index in [0.29, 0.717) is 5.56 Å². The van der Waals surface area contributed by atoms with Crippen molar-refractivity contribution in [3.8, 4) is 6.07 Å². The molecule has 3 nitrogen and oxygen atoms in total. The average Bonchev–Trinajstić information content (AvgIpc) is 2.17. The molecule has 0 unspecified atom stereocenters. The standard InChI is InChI=1S/C10H11N3/c11-5-7-1-2-8-4-9(12)6-13-10(8)3-7/h1-3,9,13H,4,6,12H2/t9-/m0/s1. The van der Waals surface area contributed by atoms with Gasteiger partial charge < -0.3 is 11.1 Å². The molecular weight excluding hydrogens is 162 g/mol. The van der Waals surface area contributed by atoms with E-state index in [4.69, 9.17) is 11.0 Å². The van der Waals surface area contributed by atoms with Crippen molar-refractivity contribution in [2.45, 2.75) is 12.5 Å². The van der Waals surface area contributed by atoms with Gasteiger partial charge >= 0.3 is 0 Å². The first kappa shape index (κ1) is 8.09. The van der Waals surface area contributed by atoms with Gasteiger partial charge in [0.25, 0.3) is 0 Å². The lowest BCUT2D eigenvalue weighted by Gasteiger charge is -2.23. The minimum absolute atomic E-state index is 0.195. The van der Waals surface area contributed by atoms with Crippen LogP contribution in [-0.2, 0) is 6.42 Å². The van der Waals surface area contributed by atoms with Crippen LogP contribution in [0.25, 0.3) is 0 Å². The van der Waals surface area contributed by atoms with Gasteiger partial charge in [-0.25, -0.2) is 0 Å². The van der Waals surface area contributed by atoms with Gasteiger partial charge in [-0.2, -0.15) is 5.26 Å². The summed E-state index contributed by atoms with van der Waals surface area (Å²) in [7, 11) is 0. The molecule has 0 aliphatic carbocycles. The molecule has 1 aliphatic heterocycles. The van der Waals surface area contributed by atoms with Crippen LogP contribution in [0.1, 0.15) is 11.1 Å². The second-order valence-corrected chi connectivity index (χ2v) is 3.33. The van der Waals surface area contributed by atoms with Gasteiger partial charge in [-0.3, -0.25) is 0 Å². The number of anilines is 1. The van der Waals surface area contributed by atoms with Crippen molar-refractivity contribution >= 4 is 5.69 Å². The molecule has 0 radical (unpaired) electrons. The normalized spacial score (nSPS) is 19.8. The number of hydrogen-bond acceptors (Lipinski definition) is 3. The second kappa shape index (κ2) is 3.08. The summed E-state index contributed by atoms with van der Waals surface area (Å²) < 4.78 is 0. The molecule has 0 aromatic heterocycles. The molecule has 0 bridgehead atoms. The highest BCUT2D eigenvalue weighted by molar-refractivity contribution is 5.57. The van der Waals surface area contributed by atoms with Crippen molar-refractivity contribution in [1.29, 1.82) is 5.26 Å². The van der Waals surface area contributed by atoms with E-state index in [1.54, 1.807) is 0 Å². The van der Waals surface area contributed by atoms with E-state index in [-0.39, 0.29) is 6.04 Å². The van der Waals surface area contributed by atoms with Crippen LogP contribution in [0.2, 0.25) is 0 Å². The number of hydrogen-bond donors (Lipinski definition) is 2. The van der Waals surface area contributed by atoms with Gasteiger partial charge in [0.2, 0.25) is 0 Å². The number of nitriles is 1. The topological polar surface area (TPSA) is 61.8 Å². The number of nitrogens with two attached hydrogens (primary N) is 1. The quantitative estimate of drug-likeness (QED) is 0.611. The first-order valence-corrected chi connectivity index (χ1v) is 4.32. The summed E-state index contributed by atoms with van der Waals surface area (Å²) in [6.45, 7) is 0.794. The molecule has 3 heteroatoms. The maximum Gasteiger partial charge on any atom is 0.0992 e. The molecule has 0 saturated heterocycles. The average molecular weight is 173 g/mol. The van der Waals surface area contributed by atoms with Crippen LogP contribution in [0.4, 0.5) is 5.69 Å². The van der Waals surface area contributed by atoms with Crippen LogP contribution in [0, 0.1) is 11.3 Å². The molecule has 2 rings (SSSR count). The molecule has 1 aromatic carbocycles. The first-order valence-electron chi connectivity index (χ1n) is 4.32. The van der Waals surface area contributed by atoms with Gasteiger partial charge in [-0.1, -0.05) is 6.07 Å². The lowest BCUT2D eigenvalue weighted by molar-refractivity contribution is 0.679. The summed E-state index contributed by atoms with van der Waals surface area (Å²) in [5.74, 6) is 0. The minimum atomic E-state index is 0.195. The van der Waals surface area contributed by atoms with Gasteiger partial charge in [-0.05, 0) is 24.1 Å².